The highest BCUT2D eigenvalue weighted by molar-refractivity contribution is 6.06. The van der Waals surface area contributed by atoms with Gasteiger partial charge in [-0.3, -0.25) is 0 Å². The predicted molar refractivity (Wildman–Crippen MR) is 85.1 cm³/mol. The Hall–Kier alpha value is -2.56. The Kier molecular flexibility index (Phi) is 4.19. The van der Waals surface area contributed by atoms with Gasteiger partial charge in [-0.2, -0.15) is 8.78 Å². The van der Waals surface area contributed by atoms with E-state index in [1.54, 1.807) is 25.1 Å². The second kappa shape index (κ2) is 6.28. The molecule has 0 spiro atoms. The van der Waals surface area contributed by atoms with Crippen LogP contribution in [0.25, 0.3) is 21.9 Å². The highest BCUT2D eigenvalue weighted by atomic mass is 19.1. The smallest absolute Gasteiger partial charge is 0.208 e. The molecule has 0 saturated heterocycles. The van der Waals surface area contributed by atoms with Crippen LogP contribution in [0.15, 0.2) is 41.3 Å². The summed E-state index contributed by atoms with van der Waals surface area (Å²) in [5, 5.41) is 0.994. The largest absolute Gasteiger partial charge is 0.491 e. The average Bonchev–Trinajstić information content (AvgIpc) is 2.93. The minimum absolute atomic E-state index is 0.0203. The lowest BCUT2D eigenvalue weighted by atomic mass is 10.1. The van der Waals surface area contributed by atoms with Crippen LogP contribution in [0.1, 0.15) is 13.3 Å². The molecule has 3 rings (SSSR count). The number of furan rings is 1. The van der Waals surface area contributed by atoms with E-state index in [1.165, 1.54) is 12.1 Å². The van der Waals surface area contributed by atoms with Crippen LogP contribution in [0.4, 0.5) is 8.78 Å². The number of ether oxygens (including phenoxy) is 2. The number of halogens is 2. The van der Waals surface area contributed by atoms with Crippen molar-refractivity contribution in [2.24, 2.45) is 0 Å². The summed E-state index contributed by atoms with van der Waals surface area (Å²) in [5.74, 6) is -1.11. The Morgan fingerprint density at radius 2 is 1.57 bits per heavy atom. The van der Waals surface area contributed by atoms with Crippen LogP contribution in [0, 0.1) is 11.6 Å². The molecule has 0 amide bonds. The highest BCUT2D eigenvalue weighted by Crippen LogP contribution is 2.37. The van der Waals surface area contributed by atoms with Crippen molar-refractivity contribution < 1.29 is 22.7 Å². The van der Waals surface area contributed by atoms with Crippen LogP contribution in [0.5, 0.6) is 11.5 Å². The van der Waals surface area contributed by atoms with Crippen molar-refractivity contribution in [2.45, 2.75) is 13.3 Å². The Bertz CT molecular complexity index is 868. The third-order valence-electron chi connectivity index (χ3n) is 3.50. The van der Waals surface area contributed by atoms with Crippen LogP contribution in [0.2, 0.25) is 0 Å². The van der Waals surface area contributed by atoms with Crippen molar-refractivity contribution in [1.82, 2.24) is 0 Å². The maximum atomic E-state index is 14.5. The second-order valence-corrected chi connectivity index (χ2v) is 4.97. The summed E-state index contributed by atoms with van der Waals surface area (Å²) in [7, 11) is 0. The van der Waals surface area contributed by atoms with E-state index < -0.39 is 11.6 Å². The molecule has 0 atom stereocenters. The van der Waals surface area contributed by atoms with E-state index in [0.717, 1.165) is 0 Å². The lowest BCUT2D eigenvalue weighted by molar-refractivity contribution is 0.308. The van der Waals surface area contributed by atoms with Crippen LogP contribution in [-0.4, -0.2) is 13.2 Å². The van der Waals surface area contributed by atoms with Crippen molar-refractivity contribution >= 4 is 21.9 Å². The van der Waals surface area contributed by atoms with Crippen LogP contribution in [-0.2, 0) is 0 Å². The van der Waals surface area contributed by atoms with Gasteiger partial charge < -0.3 is 13.9 Å². The molecule has 1 heterocycles. The van der Waals surface area contributed by atoms with E-state index in [0.29, 0.717) is 30.4 Å². The first-order valence-electron chi connectivity index (χ1n) is 7.37. The molecule has 3 nitrogen and oxygen atoms in total. The Labute approximate surface area is 132 Å². The molecule has 5 heteroatoms. The molecule has 0 aliphatic carbocycles. The summed E-state index contributed by atoms with van der Waals surface area (Å²) >= 11 is 0. The molecular weight excluding hydrogens is 302 g/mol. The molecule has 0 aliphatic heterocycles. The first-order chi connectivity index (χ1) is 11.2. The molecule has 0 bridgehead atoms. The quantitative estimate of drug-likeness (QED) is 0.461. The summed E-state index contributed by atoms with van der Waals surface area (Å²) < 4.78 is 44.9. The predicted octanol–water partition coefficient (Wildman–Crippen LogP) is 5.22. The highest BCUT2D eigenvalue weighted by Gasteiger charge is 2.19. The van der Waals surface area contributed by atoms with Crippen molar-refractivity contribution in [3.63, 3.8) is 0 Å². The minimum atomic E-state index is -0.639. The molecule has 1 aromatic heterocycles. The number of hydrogen-bond acceptors (Lipinski definition) is 3. The SMILES string of the molecule is C=CCCOc1ccc2c(oc3c(F)c(OCC)ccc32)c1F. The van der Waals surface area contributed by atoms with E-state index >= 15 is 0 Å². The molecule has 2 aromatic carbocycles. The molecule has 23 heavy (non-hydrogen) atoms. The fourth-order valence-corrected chi connectivity index (χ4v) is 2.43. The van der Waals surface area contributed by atoms with E-state index in [9.17, 15) is 8.78 Å². The van der Waals surface area contributed by atoms with E-state index in [2.05, 4.69) is 6.58 Å². The summed E-state index contributed by atoms with van der Waals surface area (Å²) in [5.41, 5.74) is -0.0447. The van der Waals surface area contributed by atoms with Gasteiger partial charge in [0.15, 0.2) is 22.7 Å². The third kappa shape index (κ3) is 2.63. The van der Waals surface area contributed by atoms with Gasteiger partial charge >= 0.3 is 0 Å². The fraction of sp³-hybridized carbons (Fsp3) is 0.222. The Morgan fingerprint density at radius 1 is 1.00 bits per heavy atom. The Balaban J connectivity index is 2.12. The van der Waals surface area contributed by atoms with Crippen LogP contribution in [0.3, 0.4) is 0 Å². The normalized spacial score (nSPS) is 11.1. The van der Waals surface area contributed by atoms with Gasteiger partial charge in [0.2, 0.25) is 11.6 Å². The average molecular weight is 318 g/mol. The van der Waals surface area contributed by atoms with Gasteiger partial charge in [0.1, 0.15) is 0 Å². The summed E-state index contributed by atoms with van der Waals surface area (Å²) in [4.78, 5) is 0. The van der Waals surface area contributed by atoms with Crippen molar-refractivity contribution in [3.8, 4) is 11.5 Å². The van der Waals surface area contributed by atoms with Crippen LogP contribution < -0.4 is 9.47 Å². The van der Waals surface area contributed by atoms with Gasteiger partial charge in [-0.1, -0.05) is 6.08 Å². The van der Waals surface area contributed by atoms with Crippen molar-refractivity contribution in [2.75, 3.05) is 13.2 Å². The lowest BCUT2D eigenvalue weighted by Gasteiger charge is -2.05. The van der Waals surface area contributed by atoms with Crippen LogP contribution >= 0.6 is 0 Å². The van der Waals surface area contributed by atoms with Gasteiger partial charge in [-0.25, -0.2) is 0 Å². The van der Waals surface area contributed by atoms with Gasteiger partial charge in [-0.05, 0) is 37.6 Å². The number of rotatable bonds is 6. The zero-order chi connectivity index (χ0) is 16.4. The standard InChI is InChI=1S/C18H16F2O3/c1-3-5-10-22-14-9-7-12-11-6-8-13(21-4-2)15(19)17(11)23-18(12)16(14)20/h3,6-9H,1,4-5,10H2,2H3. The number of hydrogen-bond donors (Lipinski definition) is 0. The molecular formula is C18H16F2O3. The monoisotopic (exact) mass is 318 g/mol. The maximum absolute atomic E-state index is 14.5. The summed E-state index contributed by atoms with van der Waals surface area (Å²) in [6.45, 7) is 5.99. The van der Waals surface area contributed by atoms with Crippen molar-refractivity contribution in [3.05, 3.63) is 48.6 Å². The van der Waals surface area contributed by atoms with Gasteiger partial charge in [0.05, 0.1) is 13.2 Å². The molecule has 0 N–H and O–H groups in total. The lowest BCUT2D eigenvalue weighted by Crippen LogP contribution is -1.97. The first kappa shape index (κ1) is 15.3. The zero-order valence-electron chi connectivity index (χ0n) is 12.7. The second-order valence-electron chi connectivity index (χ2n) is 4.97. The molecule has 0 saturated carbocycles. The van der Waals surface area contributed by atoms with Crippen molar-refractivity contribution in [1.29, 1.82) is 0 Å². The molecule has 0 fully saturated rings. The molecule has 3 aromatic rings. The minimum Gasteiger partial charge on any atom is -0.491 e. The van der Waals surface area contributed by atoms with E-state index in [4.69, 9.17) is 13.9 Å². The number of benzene rings is 2. The van der Waals surface area contributed by atoms with E-state index in [1.807, 2.05) is 0 Å². The topological polar surface area (TPSA) is 31.6 Å². The number of fused-ring (bicyclic) bond motifs is 3. The first-order valence-corrected chi connectivity index (χ1v) is 7.37. The third-order valence-corrected chi connectivity index (χ3v) is 3.50. The maximum Gasteiger partial charge on any atom is 0.208 e. The molecule has 0 aliphatic rings. The summed E-state index contributed by atoms with van der Waals surface area (Å²) in [6, 6.07) is 6.35. The molecule has 120 valence electrons. The zero-order valence-corrected chi connectivity index (χ0v) is 12.7. The van der Waals surface area contributed by atoms with E-state index in [-0.39, 0.29) is 22.7 Å². The fourth-order valence-electron chi connectivity index (χ4n) is 2.43. The molecule has 0 unspecified atom stereocenters. The Morgan fingerprint density at radius 3 is 2.09 bits per heavy atom. The van der Waals surface area contributed by atoms with Gasteiger partial charge in [-0.15, -0.1) is 6.58 Å². The van der Waals surface area contributed by atoms with Gasteiger partial charge in [0.25, 0.3) is 0 Å². The molecule has 0 radical (unpaired) electrons. The van der Waals surface area contributed by atoms with Gasteiger partial charge in [0, 0.05) is 10.8 Å². The summed E-state index contributed by atoms with van der Waals surface area (Å²) in [6.07, 6.45) is 2.28.